The van der Waals surface area contributed by atoms with E-state index >= 15 is 0 Å². The summed E-state index contributed by atoms with van der Waals surface area (Å²) >= 11 is 10.3. The van der Waals surface area contributed by atoms with Crippen LogP contribution in [0.5, 0.6) is 0 Å². The topological polar surface area (TPSA) is 0 Å². The molecule has 0 radical (unpaired) electrons. The Morgan fingerprint density at radius 2 is 1.75 bits per heavy atom. The fourth-order valence-electron chi connectivity index (χ4n) is 4.11. The summed E-state index contributed by atoms with van der Waals surface area (Å²) in [5.41, 5.74) is 5.85. The van der Waals surface area contributed by atoms with E-state index in [1.165, 1.54) is 41.9 Å². The second-order valence-corrected chi connectivity index (χ2v) is 9.76. The van der Waals surface area contributed by atoms with Gasteiger partial charge in [-0.1, -0.05) is 67.7 Å². The second kappa shape index (κ2) is 5.20. The Labute approximate surface area is 156 Å². The van der Waals surface area contributed by atoms with E-state index in [4.69, 9.17) is 11.6 Å². The maximum absolute atomic E-state index is 6.42. The molecule has 0 nitrogen and oxygen atoms in total. The summed E-state index contributed by atoms with van der Waals surface area (Å²) in [6, 6.07) is 13.3. The van der Waals surface area contributed by atoms with Gasteiger partial charge in [-0.3, -0.25) is 0 Å². The lowest BCUT2D eigenvalue weighted by atomic mass is 9.80. The van der Waals surface area contributed by atoms with Crippen molar-refractivity contribution in [2.24, 2.45) is 0 Å². The van der Waals surface area contributed by atoms with Gasteiger partial charge in [-0.05, 0) is 46.9 Å². The highest BCUT2D eigenvalue weighted by atomic mass is 35.5. The number of hydrogen-bond acceptors (Lipinski definition) is 2. The number of hydrogen-bond donors (Lipinski definition) is 0. The van der Waals surface area contributed by atoms with Crippen molar-refractivity contribution < 1.29 is 0 Å². The molecule has 5 rings (SSSR count). The molecule has 1 unspecified atom stereocenters. The molecular formula is C21H17ClS2. The minimum Gasteiger partial charge on any atom is -0.118 e. The van der Waals surface area contributed by atoms with Gasteiger partial charge < -0.3 is 0 Å². The van der Waals surface area contributed by atoms with Crippen LogP contribution in [0.15, 0.2) is 73.7 Å². The van der Waals surface area contributed by atoms with Gasteiger partial charge in [-0.2, -0.15) is 0 Å². The van der Waals surface area contributed by atoms with Gasteiger partial charge in [0.2, 0.25) is 0 Å². The minimum absolute atomic E-state index is 0.0450. The third-order valence-electron chi connectivity index (χ3n) is 5.22. The maximum atomic E-state index is 6.42. The third-order valence-corrected chi connectivity index (χ3v) is 8.12. The maximum Gasteiger partial charge on any atom is 0.0559 e. The number of allylic oxidation sites excluding steroid dienone is 4. The zero-order valence-corrected chi connectivity index (χ0v) is 16.0. The summed E-state index contributed by atoms with van der Waals surface area (Å²) in [5.74, 6) is 0. The molecule has 0 amide bonds. The monoisotopic (exact) mass is 368 g/mol. The highest BCUT2D eigenvalue weighted by Crippen LogP contribution is 2.58. The fraction of sp³-hybridized carbons (Fsp3) is 0.238. The van der Waals surface area contributed by atoms with Crippen LogP contribution in [0.4, 0.5) is 0 Å². The summed E-state index contributed by atoms with van der Waals surface area (Å²) in [6.45, 7) is 4.72. The largest absolute Gasteiger partial charge is 0.118 e. The van der Waals surface area contributed by atoms with Crippen LogP contribution in [0.25, 0.3) is 5.57 Å². The van der Waals surface area contributed by atoms with Gasteiger partial charge in [-0.25, -0.2) is 0 Å². The van der Waals surface area contributed by atoms with Crippen LogP contribution in [-0.4, -0.2) is 5.38 Å². The number of alkyl halides is 1. The molecule has 2 aromatic rings. The van der Waals surface area contributed by atoms with Crippen molar-refractivity contribution >= 4 is 40.7 Å². The predicted molar refractivity (Wildman–Crippen MR) is 104 cm³/mol. The lowest BCUT2D eigenvalue weighted by molar-refractivity contribution is 0.633. The van der Waals surface area contributed by atoms with E-state index in [1.54, 1.807) is 0 Å². The molecule has 0 saturated carbocycles. The summed E-state index contributed by atoms with van der Waals surface area (Å²) in [7, 11) is 0. The number of benzene rings is 2. The molecule has 1 aliphatic heterocycles. The van der Waals surface area contributed by atoms with Crippen LogP contribution in [0.3, 0.4) is 0 Å². The molecule has 0 aromatic heterocycles. The Morgan fingerprint density at radius 3 is 2.54 bits per heavy atom. The first kappa shape index (κ1) is 15.2. The van der Waals surface area contributed by atoms with Crippen LogP contribution >= 0.6 is 35.1 Å². The molecule has 0 bridgehead atoms. The molecule has 1 atom stereocenters. The molecule has 1 heterocycles. The number of halogens is 1. The SMILES string of the molecule is CC1(C)C2=C(CC(Cl)C=C2)c2ccc3c(c21)Sc1ccccc1S3. The van der Waals surface area contributed by atoms with Gasteiger partial charge >= 0.3 is 0 Å². The number of fused-ring (bicyclic) bond motifs is 5. The van der Waals surface area contributed by atoms with Gasteiger partial charge in [0.05, 0.1) is 5.38 Å². The lowest BCUT2D eigenvalue weighted by Gasteiger charge is -2.29. The van der Waals surface area contributed by atoms with Crippen molar-refractivity contribution in [1.82, 2.24) is 0 Å². The van der Waals surface area contributed by atoms with Crippen molar-refractivity contribution in [2.45, 2.75) is 50.6 Å². The standard InChI is InChI=1S/C21H17ClS2/c1-21(2)15-9-7-12(22)11-14(15)13-8-10-18-20(19(13)21)24-17-6-4-3-5-16(17)23-18/h3-10,12H,11H2,1-2H3. The van der Waals surface area contributed by atoms with E-state index in [-0.39, 0.29) is 10.8 Å². The van der Waals surface area contributed by atoms with E-state index in [0.717, 1.165) is 6.42 Å². The van der Waals surface area contributed by atoms with Crippen molar-refractivity contribution in [3.05, 3.63) is 65.3 Å². The highest BCUT2D eigenvalue weighted by Gasteiger charge is 2.41. The van der Waals surface area contributed by atoms with E-state index in [2.05, 4.69) is 62.4 Å². The first-order valence-corrected chi connectivity index (χ1v) is 10.3. The summed E-state index contributed by atoms with van der Waals surface area (Å²) in [5, 5.41) is 0.115. The Bertz CT molecular complexity index is 937. The minimum atomic E-state index is 0.0450. The molecule has 0 N–H and O–H groups in total. The quantitative estimate of drug-likeness (QED) is 0.395. The summed E-state index contributed by atoms with van der Waals surface area (Å²) < 4.78 is 0. The first-order chi connectivity index (χ1) is 11.6. The normalized spacial score (nSPS) is 22.7. The molecule has 3 aliphatic rings. The average molecular weight is 369 g/mol. The van der Waals surface area contributed by atoms with Crippen LogP contribution < -0.4 is 0 Å². The van der Waals surface area contributed by atoms with Gasteiger partial charge in [-0.15, -0.1) is 11.6 Å². The number of rotatable bonds is 0. The van der Waals surface area contributed by atoms with E-state index in [1.807, 2.05) is 23.5 Å². The molecule has 2 aliphatic carbocycles. The van der Waals surface area contributed by atoms with Crippen molar-refractivity contribution in [2.75, 3.05) is 0 Å². The predicted octanol–water partition coefficient (Wildman–Crippen LogP) is 6.91. The van der Waals surface area contributed by atoms with Gasteiger partial charge in [0, 0.05) is 25.0 Å². The summed E-state index contributed by atoms with van der Waals surface area (Å²) in [4.78, 5) is 5.56. The smallest absolute Gasteiger partial charge is 0.0559 e. The molecule has 0 saturated heterocycles. The van der Waals surface area contributed by atoms with E-state index in [0.29, 0.717) is 0 Å². The zero-order valence-electron chi connectivity index (χ0n) is 13.6. The molecular weight excluding hydrogens is 352 g/mol. The Kier molecular flexibility index (Phi) is 3.29. The Hall–Kier alpha value is -1.09. The molecule has 2 aromatic carbocycles. The molecule has 0 fully saturated rings. The second-order valence-electron chi connectivity index (χ2n) is 7.06. The molecule has 120 valence electrons. The average Bonchev–Trinajstić information content (AvgIpc) is 2.80. The van der Waals surface area contributed by atoms with Crippen molar-refractivity contribution in [1.29, 1.82) is 0 Å². The van der Waals surface area contributed by atoms with Crippen molar-refractivity contribution in [3.63, 3.8) is 0 Å². The molecule has 3 heteroatoms. The van der Waals surface area contributed by atoms with Crippen LogP contribution in [-0.2, 0) is 5.41 Å². The Morgan fingerprint density at radius 1 is 1.00 bits per heavy atom. The highest BCUT2D eigenvalue weighted by molar-refractivity contribution is 8.05. The van der Waals surface area contributed by atoms with E-state index in [9.17, 15) is 0 Å². The van der Waals surface area contributed by atoms with Crippen LogP contribution in [0.2, 0.25) is 0 Å². The molecule has 24 heavy (non-hydrogen) atoms. The molecule has 0 spiro atoms. The van der Waals surface area contributed by atoms with Gasteiger partial charge in [0.15, 0.2) is 0 Å². The summed E-state index contributed by atoms with van der Waals surface area (Å²) in [6.07, 6.45) is 5.35. The van der Waals surface area contributed by atoms with Crippen LogP contribution in [0, 0.1) is 0 Å². The van der Waals surface area contributed by atoms with Gasteiger partial charge in [0.25, 0.3) is 0 Å². The fourth-order valence-corrected chi connectivity index (χ4v) is 6.89. The van der Waals surface area contributed by atoms with Gasteiger partial charge in [0.1, 0.15) is 0 Å². The Balaban J connectivity index is 1.71. The van der Waals surface area contributed by atoms with E-state index < -0.39 is 0 Å². The lowest BCUT2D eigenvalue weighted by Crippen LogP contribution is -2.19. The zero-order chi connectivity index (χ0) is 16.5. The van der Waals surface area contributed by atoms with Crippen molar-refractivity contribution in [3.8, 4) is 0 Å². The third kappa shape index (κ3) is 2.03. The van der Waals surface area contributed by atoms with Crippen LogP contribution in [0.1, 0.15) is 31.4 Å². The first-order valence-electron chi connectivity index (χ1n) is 8.24.